The fraction of sp³-hybridized carbons (Fsp3) is 1.00. The lowest BCUT2D eigenvalue weighted by molar-refractivity contribution is 0.243. The molecule has 2 fully saturated rings. The molecule has 2 rings (SSSR count). The lowest BCUT2D eigenvalue weighted by atomic mass is 9.77. The highest BCUT2D eigenvalue weighted by Crippen LogP contribution is 2.39. The molecule has 0 amide bonds. The normalized spacial score (nSPS) is 42.3. The summed E-state index contributed by atoms with van der Waals surface area (Å²) in [7, 11) is 0. The average molecular weight is 125 g/mol. The van der Waals surface area contributed by atoms with Crippen LogP contribution >= 0.6 is 0 Å². The first-order chi connectivity index (χ1) is 4.40. The second-order valence-electron chi connectivity index (χ2n) is 3.45. The maximum absolute atomic E-state index is 2.59. The Morgan fingerprint density at radius 2 is 1.78 bits per heavy atom. The molecule has 0 aromatic heterocycles. The molecule has 1 nitrogen and oxygen atoms in total. The topological polar surface area (TPSA) is 3.24 Å². The van der Waals surface area contributed by atoms with Gasteiger partial charge in [-0.3, -0.25) is 0 Å². The summed E-state index contributed by atoms with van der Waals surface area (Å²) in [6.07, 6.45) is 3.03. The van der Waals surface area contributed by atoms with Crippen molar-refractivity contribution in [3.8, 4) is 0 Å². The summed E-state index contributed by atoms with van der Waals surface area (Å²) < 4.78 is 0. The Labute approximate surface area is 57.0 Å². The van der Waals surface area contributed by atoms with Crippen molar-refractivity contribution in [1.29, 1.82) is 0 Å². The number of hydrogen-bond acceptors (Lipinski definition) is 1. The van der Waals surface area contributed by atoms with Crippen LogP contribution in [0.25, 0.3) is 0 Å². The smallest absolute Gasteiger partial charge is 0.00128 e. The van der Waals surface area contributed by atoms with Gasteiger partial charge < -0.3 is 4.90 Å². The molecule has 0 aromatic rings. The van der Waals surface area contributed by atoms with Crippen molar-refractivity contribution in [2.75, 3.05) is 19.6 Å². The molecule has 1 saturated carbocycles. The van der Waals surface area contributed by atoms with E-state index >= 15 is 0 Å². The Hall–Kier alpha value is -0.0400. The molecular weight excluding hydrogens is 110 g/mol. The monoisotopic (exact) mass is 125 g/mol. The van der Waals surface area contributed by atoms with Gasteiger partial charge in [0.25, 0.3) is 0 Å². The van der Waals surface area contributed by atoms with E-state index in [4.69, 9.17) is 0 Å². The van der Waals surface area contributed by atoms with Crippen LogP contribution in [0.1, 0.15) is 19.8 Å². The first-order valence-electron chi connectivity index (χ1n) is 4.12. The fourth-order valence-electron chi connectivity index (χ4n) is 2.11. The van der Waals surface area contributed by atoms with E-state index in [2.05, 4.69) is 11.8 Å². The molecule has 1 saturated heterocycles. The van der Waals surface area contributed by atoms with Crippen LogP contribution in [0.5, 0.6) is 0 Å². The zero-order valence-electron chi connectivity index (χ0n) is 6.14. The number of rotatable bonds is 1. The van der Waals surface area contributed by atoms with E-state index in [-0.39, 0.29) is 0 Å². The fourth-order valence-corrected chi connectivity index (χ4v) is 2.11. The van der Waals surface area contributed by atoms with Crippen LogP contribution in [0.15, 0.2) is 0 Å². The minimum Gasteiger partial charge on any atom is -0.303 e. The standard InChI is InChI=1S/C8H15N/c1-2-9-5-7-3-4-8(7)6-9/h7-8H,2-6H2,1H3. The van der Waals surface area contributed by atoms with Crippen LogP contribution in [-0.2, 0) is 0 Å². The summed E-state index contributed by atoms with van der Waals surface area (Å²) in [4.78, 5) is 2.59. The van der Waals surface area contributed by atoms with Gasteiger partial charge in [-0.1, -0.05) is 6.92 Å². The molecule has 1 aliphatic carbocycles. The Morgan fingerprint density at radius 1 is 1.22 bits per heavy atom. The first kappa shape index (κ1) is 5.72. The number of nitrogens with zero attached hydrogens (tertiary/aromatic N) is 1. The largest absolute Gasteiger partial charge is 0.303 e. The van der Waals surface area contributed by atoms with Crippen LogP contribution in [0, 0.1) is 11.8 Å². The van der Waals surface area contributed by atoms with E-state index in [1.807, 2.05) is 0 Å². The van der Waals surface area contributed by atoms with E-state index in [1.165, 1.54) is 32.5 Å². The maximum Gasteiger partial charge on any atom is 0.00128 e. The predicted molar refractivity (Wildman–Crippen MR) is 38.3 cm³/mol. The molecule has 0 N–H and O–H groups in total. The number of fused-ring (bicyclic) bond motifs is 1. The van der Waals surface area contributed by atoms with E-state index in [0.717, 1.165) is 11.8 Å². The molecule has 9 heavy (non-hydrogen) atoms. The Bertz CT molecular complexity index is 99.1. The van der Waals surface area contributed by atoms with Crippen LogP contribution in [-0.4, -0.2) is 24.5 Å². The molecule has 1 heterocycles. The zero-order chi connectivity index (χ0) is 6.27. The maximum atomic E-state index is 2.59. The molecule has 52 valence electrons. The molecule has 2 unspecified atom stereocenters. The van der Waals surface area contributed by atoms with Crippen molar-refractivity contribution in [3.63, 3.8) is 0 Å². The van der Waals surface area contributed by atoms with Gasteiger partial charge in [0.2, 0.25) is 0 Å². The lowest BCUT2D eigenvalue weighted by Gasteiger charge is -2.28. The van der Waals surface area contributed by atoms with Gasteiger partial charge in [-0.25, -0.2) is 0 Å². The van der Waals surface area contributed by atoms with E-state index in [1.54, 1.807) is 0 Å². The van der Waals surface area contributed by atoms with Crippen LogP contribution < -0.4 is 0 Å². The second-order valence-corrected chi connectivity index (χ2v) is 3.45. The molecule has 0 bridgehead atoms. The van der Waals surface area contributed by atoms with E-state index in [0.29, 0.717) is 0 Å². The van der Waals surface area contributed by atoms with Gasteiger partial charge in [0.15, 0.2) is 0 Å². The summed E-state index contributed by atoms with van der Waals surface area (Å²) in [6, 6.07) is 0. The predicted octanol–water partition coefficient (Wildman–Crippen LogP) is 1.35. The van der Waals surface area contributed by atoms with Crippen molar-refractivity contribution in [3.05, 3.63) is 0 Å². The van der Waals surface area contributed by atoms with Crippen molar-refractivity contribution in [1.82, 2.24) is 4.90 Å². The molecule has 2 atom stereocenters. The minimum atomic E-state index is 1.10. The van der Waals surface area contributed by atoms with Gasteiger partial charge >= 0.3 is 0 Å². The highest BCUT2D eigenvalue weighted by atomic mass is 15.2. The van der Waals surface area contributed by atoms with Crippen molar-refractivity contribution >= 4 is 0 Å². The lowest BCUT2D eigenvalue weighted by Crippen LogP contribution is -2.22. The molecular formula is C8H15N. The molecule has 0 spiro atoms. The van der Waals surface area contributed by atoms with E-state index in [9.17, 15) is 0 Å². The van der Waals surface area contributed by atoms with Gasteiger partial charge in [-0.2, -0.15) is 0 Å². The molecule has 2 aliphatic rings. The van der Waals surface area contributed by atoms with E-state index < -0.39 is 0 Å². The molecule has 0 radical (unpaired) electrons. The van der Waals surface area contributed by atoms with Crippen LogP contribution in [0.3, 0.4) is 0 Å². The first-order valence-corrected chi connectivity index (χ1v) is 4.12. The van der Waals surface area contributed by atoms with Crippen molar-refractivity contribution in [2.24, 2.45) is 11.8 Å². The van der Waals surface area contributed by atoms with Gasteiger partial charge in [0.1, 0.15) is 0 Å². The third-order valence-electron chi connectivity index (χ3n) is 3.01. The number of hydrogen-bond donors (Lipinski definition) is 0. The van der Waals surface area contributed by atoms with Crippen LogP contribution in [0.2, 0.25) is 0 Å². The Kier molecular flexibility index (Phi) is 1.26. The van der Waals surface area contributed by atoms with Gasteiger partial charge in [-0.15, -0.1) is 0 Å². The molecule has 1 aliphatic heterocycles. The molecule has 0 aromatic carbocycles. The number of likely N-dealkylation sites (tertiary alicyclic amines) is 1. The summed E-state index contributed by atoms with van der Waals surface area (Å²) in [6.45, 7) is 6.35. The van der Waals surface area contributed by atoms with Crippen molar-refractivity contribution in [2.45, 2.75) is 19.8 Å². The molecule has 1 heteroatoms. The van der Waals surface area contributed by atoms with Gasteiger partial charge in [0.05, 0.1) is 0 Å². The van der Waals surface area contributed by atoms with Gasteiger partial charge in [-0.05, 0) is 31.2 Å². The third-order valence-corrected chi connectivity index (χ3v) is 3.01. The summed E-state index contributed by atoms with van der Waals surface area (Å²) in [5.74, 6) is 2.20. The minimum absolute atomic E-state index is 1.10. The summed E-state index contributed by atoms with van der Waals surface area (Å²) >= 11 is 0. The third kappa shape index (κ3) is 0.787. The highest BCUT2D eigenvalue weighted by molar-refractivity contribution is 4.90. The quantitative estimate of drug-likeness (QED) is 0.511. The Morgan fingerprint density at radius 3 is 2.11 bits per heavy atom. The van der Waals surface area contributed by atoms with Gasteiger partial charge in [0, 0.05) is 13.1 Å². The zero-order valence-corrected chi connectivity index (χ0v) is 6.14. The summed E-state index contributed by atoms with van der Waals surface area (Å²) in [5, 5.41) is 0. The Balaban J connectivity index is 1.91. The second kappa shape index (κ2) is 1.98. The highest BCUT2D eigenvalue weighted by Gasteiger charge is 2.38. The van der Waals surface area contributed by atoms with Crippen LogP contribution in [0.4, 0.5) is 0 Å². The summed E-state index contributed by atoms with van der Waals surface area (Å²) in [5.41, 5.74) is 0. The SMILES string of the molecule is CCN1CC2CCC2C1. The van der Waals surface area contributed by atoms with Crippen molar-refractivity contribution < 1.29 is 0 Å². The average Bonchev–Trinajstić information content (AvgIpc) is 2.10.